The number of nitrogens with one attached hydrogen (secondary N) is 1. The van der Waals surface area contributed by atoms with Crippen molar-refractivity contribution in [2.45, 2.75) is 26.9 Å². The van der Waals surface area contributed by atoms with Crippen LogP contribution in [0.4, 0.5) is 4.79 Å². The highest BCUT2D eigenvalue weighted by molar-refractivity contribution is 5.74. The van der Waals surface area contributed by atoms with E-state index in [1.54, 1.807) is 4.90 Å². The van der Waals surface area contributed by atoms with E-state index in [0.29, 0.717) is 32.8 Å². The van der Waals surface area contributed by atoms with E-state index in [9.17, 15) is 4.79 Å². The Morgan fingerprint density at radius 1 is 1.14 bits per heavy atom. The molecule has 1 N–H and O–H groups in total. The lowest BCUT2D eigenvalue weighted by molar-refractivity contribution is 0.0531. The number of ether oxygens (including phenoxy) is 1. The molecule has 0 atom stereocenters. The highest BCUT2D eigenvalue weighted by Crippen LogP contribution is 2.08. The lowest BCUT2D eigenvalue weighted by atomic mass is 10.1. The lowest BCUT2D eigenvalue weighted by Gasteiger charge is -2.27. The van der Waals surface area contributed by atoms with Crippen LogP contribution in [0.15, 0.2) is 24.3 Å². The summed E-state index contributed by atoms with van der Waals surface area (Å²) in [5.41, 5.74) is 2.44. The molecule has 5 heteroatoms. The second-order valence-corrected chi connectivity index (χ2v) is 5.54. The Bertz CT molecular complexity index is 451. The van der Waals surface area contributed by atoms with Gasteiger partial charge in [0.25, 0.3) is 0 Å². The molecule has 1 saturated heterocycles. The first-order chi connectivity index (χ1) is 10.7. The Balaban J connectivity index is 1.79. The summed E-state index contributed by atoms with van der Waals surface area (Å²) in [6.45, 7) is 10.7. The number of carbonyl (C=O) groups excluding carboxylic acids is 1. The van der Waals surface area contributed by atoms with Crippen LogP contribution in [-0.4, -0.2) is 55.2 Å². The number of nitrogens with zero attached hydrogens (tertiary/aromatic N) is 2. The van der Waals surface area contributed by atoms with Crippen LogP contribution in [0.5, 0.6) is 0 Å². The molecular weight excluding hydrogens is 278 g/mol. The number of amides is 2. The summed E-state index contributed by atoms with van der Waals surface area (Å²) in [5, 5.41) is 2.97. The number of morpholine rings is 1. The van der Waals surface area contributed by atoms with Crippen molar-refractivity contribution in [2.24, 2.45) is 0 Å². The maximum Gasteiger partial charge on any atom is 0.317 e. The normalized spacial score (nSPS) is 15.1. The Kier molecular flexibility index (Phi) is 6.68. The maximum atomic E-state index is 12.0. The highest BCUT2D eigenvalue weighted by atomic mass is 16.5. The van der Waals surface area contributed by atoms with Crippen molar-refractivity contribution in [1.29, 1.82) is 0 Å². The molecule has 5 nitrogen and oxygen atoms in total. The average molecular weight is 305 g/mol. The van der Waals surface area contributed by atoms with Crippen LogP contribution in [0, 0.1) is 0 Å². The standard InChI is InChI=1S/C17H27N3O2/c1-3-19(4-2)14-16-7-5-15(6-8-16)13-18-17(21)20-9-11-22-12-10-20/h5-8H,3-4,9-14H2,1-2H3,(H,18,21). The molecule has 122 valence electrons. The number of benzene rings is 1. The summed E-state index contributed by atoms with van der Waals surface area (Å²) in [5.74, 6) is 0. The fourth-order valence-electron chi connectivity index (χ4n) is 2.52. The Morgan fingerprint density at radius 2 is 1.73 bits per heavy atom. The minimum Gasteiger partial charge on any atom is -0.378 e. The van der Waals surface area contributed by atoms with Crippen molar-refractivity contribution in [3.63, 3.8) is 0 Å². The van der Waals surface area contributed by atoms with Crippen LogP contribution >= 0.6 is 0 Å². The molecule has 0 bridgehead atoms. The van der Waals surface area contributed by atoms with E-state index in [-0.39, 0.29) is 6.03 Å². The zero-order valence-electron chi connectivity index (χ0n) is 13.7. The molecule has 22 heavy (non-hydrogen) atoms. The molecule has 1 aliphatic heterocycles. The van der Waals surface area contributed by atoms with Gasteiger partial charge < -0.3 is 15.0 Å². The van der Waals surface area contributed by atoms with E-state index in [4.69, 9.17) is 4.74 Å². The van der Waals surface area contributed by atoms with Gasteiger partial charge in [0.15, 0.2) is 0 Å². The Labute approximate surface area is 133 Å². The summed E-state index contributed by atoms with van der Waals surface area (Å²) in [6, 6.07) is 8.48. The topological polar surface area (TPSA) is 44.8 Å². The molecule has 0 aromatic heterocycles. The van der Waals surface area contributed by atoms with E-state index >= 15 is 0 Å². The number of hydrogen-bond donors (Lipinski definition) is 1. The first kappa shape index (κ1) is 16.8. The third-order valence-electron chi connectivity index (χ3n) is 4.07. The number of hydrogen-bond acceptors (Lipinski definition) is 3. The Hall–Kier alpha value is -1.59. The zero-order valence-corrected chi connectivity index (χ0v) is 13.7. The lowest BCUT2D eigenvalue weighted by Crippen LogP contribution is -2.45. The molecule has 0 saturated carbocycles. The fourth-order valence-corrected chi connectivity index (χ4v) is 2.52. The van der Waals surface area contributed by atoms with Crippen LogP contribution in [0.3, 0.4) is 0 Å². The molecule has 0 unspecified atom stereocenters. The van der Waals surface area contributed by atoms with E-state index in [0.717, 1.165) is 25.2 Å². The molecule has 0 spiro atoms. The summed E-state index contributed by atoms with van der Waals surface area (Å²) in [7, 11) is 0. The van der Waals surface area contributed by atoms with Gasteiger partial charge in [-0.15, -0.1) is 0 Å². The van der Waals surface area contributed by atoms with E-state index in [1.807, 2.05) is 0 Å². The number of rotatable bonds is 6. The van der Waals surface area contributed by atoms with Gasteiger partial charge in [0.2, 0.25) is 0 Å². The van der Waals surface area contributed by atoms with Gasteiger partial charge >= 0.3 is 6.03 Å². The molecule has 1 aliphatic rings. The van der Waals surface area contributed by atoms with Crippen molar-refractivity contribution in [3.05, 3.63) is 35.4 Å². The van der Waals surface area contributed by atoms with Gasteiger partial charge in [0, 0.05) is 26.2 Å². The fraction of sp³-hybridized carbons (Fsp3) is 0.588. The molecule has 1 fully saturated rings. The van der Waals surface area contributed by atoms with Gasteiger partial charge in [-0.05, 0) is 24.2 Å². The molecule has 1 aromatic rings. The second kappa shape index (κ2) is 8.76. The van der Waals surface area contributed by atoms with Gasteiger partial charge in [-0.25, -0.2) is 4.79 Å². The van der Waals surface area contributed by atoms with Gasteiger partial charge in [-0.2, -0.15) is 0 Å². The minimum absolute atomic E-state index is 0.00415. The van der Waals surface area contributed by atoms with Gasteiger partial charge in [-0.3, -0.25) is 4.90 Å². The number of carbonyl (C=O) groups is 1. The first-order valence-corrected chi connectivity index (χ1v) is 8.13. The first-order valence-electron chi connectivity index (χ1n) is 8.13. The zero-order chi connectivity index (χ0) is 15.8. The van der Waals surface area contributed by atoms with Gasteiger partial charge in [0.05, 0.1) is 13.2 Å². The van der Waals surface area contributed by atoms with Crippen molar-refractivity contribution in [3.8, 4) is 0 Å². The SMILES string of the molecule is CCN(CC)Cc1ccc(CNC(=O)N2CCOCC2)cc1. The monoisotopic (exact) mass is 305 g/mol. The molecule has 0 radical (unpaired) electrons. The maximum absolute atomic E-state index is 12.0. The Morgan fingerprint density at radius 3 is 2.32 bits per heavy atom. The minimum atomic E-state index is -0.00415. The molecule has 2 amide bonds. The highest BCUT2D eigenvalue weighted by Gasteiger charge is 2.15. The van der Waals surface area contributed by atoms with Crippen molar-refractivity contribution in [1.82, 2.24) is 15.1 Å². The van der Waals surface area contributed by atoms with Crippen LogP contribution in [0.2, 0.25) is 0 Å². The van der Waals surface area contributed by atoms with Gasteiger partial charge in [-0.1, -0.05) is 38.1 Å². The third-order valence-corrected chi connectivity index (χ3v) is 4.07. The van der Waals surface area contributed by atoms with Crippen LogP contribution < -0.4 is 5.32 Å². The summed E-state index contributed by atoms with van der Waals surface area (Å²) < 4.78 is 5.25. The van der Waals surface area contributed by atoms with Gasteiger partial charge in [0.1, 0.15) is 0 Å². The second-order valence-electron chi connectivity index (χ2n) is 5.54. The third kappa shape index (κ3) is 5.00. The smallest absolute Gasteiger partial charge is 0.317 e. The van der Waals surface area contributed by atoms with Crippen LogP contribution in [-0.2, 0) is 17.8 Å². The summed E-state index contributed by atoms with van der Waals surface area (Å²) >= 11 is 0. The van der Waals surface area contributed by atoms with Crippen LogP contribution in [0.25, 0.3) is 0 Å². The largest absolute Gasteiger partial charge is 0.378 e. The molecule has 1 aromatic carbocycles. The summed E-state index contributed by atoms with van der Waals surface area (Å²) in [4.78, 5) is 16.2. The predicted octanol–water partition coefficient (Wildman–Crippen LogP) is 2.07. The van der Waals surface area contributed by atoms with Crippen molar-refractivity contribution >= 4 is 6.03 Å². The molecule has 0 aliphatic carbocycles. The van der Waals surface area contributed by atoms with E-state index in [2.05, 4.69) is 48.3 Å². The van der Waals surface area contributed by atoms with Crippen LogP contribution in [0.1, 0.15) is 25.0 Å². The molecule has 2 rings (SSSR count). The number of urea groups is 1. The van der Waals surface area contributed by atoms with Crippen molar-refractivity contribution < 1.29 is 9.53 Å². The quantitative estimate of drug-likeness (QED) is 0.875. The molecular formula is C17H27N3O2. The van der Waals surface area contributed by atoms with E-state index in [1.165, 1.54) is 5.56 Å². The predicted molar refractivity (Wildman–Crippen MR) is 87.7 cm³/mol. The molecule has 1 heterocycles. The van der Waals surface area contributed by atoms with Crippen molar-refractivity contribution in [2.75, 3.05) is 39.4 Å². The van der Waals surface area contributed by atoms with E-state index < -0.39 is 0 Å². The summed E-state index contributed by atoms with van der Waals surface area (Å²) in [6.07, 6.45) is 0. The average Bonchev–Trinajstić information content (AvgIpc) is 2.59.